The van der Waals surface area contributed by atoms with Gasteiger partial charge in [0.25, 0.3) is 0 Å². The van der Waals surface area contributed by atoms with Crippen LogP contribution in [0.15, 0.2) is 71.5 Å². The molecule has 3 rings (SSSR count). The number of allylic oxidation sites excluding steroid dienone is 7. The van der Waals surface area contributed by atoms with Gasteiger partial charge in [0.2, 0.25) is 0 Å². The second kappa shape index (κ2) is 8.21. The fourth-order valence-corrected chi connectivity index (χ4v) is 3.87. The number of hydrogen-bond donors (Lipinski definition) is 1. The Kier molecular flexibility index (Phi) is 5.75. The fraction of sp³-hybridized carbons (Fsp3) is 0.304. The van der Waals surface area contributed by atoms with E-state index < -0.39 is 5.97 Å². The Balaban J connectivity index is 2.05. The van der Waals surface area contributed by atoms with Crippen molar-refractivity contribution >= 4 is 17.4 Å². The van der Waals surface area contributed by atoms with Crippen LogP contribution in [0, 0.1) is 0 Å². The van der Waals surface area contributed by atoms with Gasteiger partial charge in [0.15, 0.2) is 0 Å². The smallest absolute Gasteiger partial charge is 0.337 e. The van der Waals surface area contributed by atoms with Crippen molar-refractivity contribution in [3.63, 3.8) is 0 Å². The average Bonchev–Trinajstić information content (AvgIpc) is 3.04. The number of pyridine rings is 1. The molecular weight excluding hydrogens is 336 g/mol. The summed E-state index contributed by atoms with van der Waals surface area (Å²) in [6.07, 6.45) is 13.1. The third kappa shape index (κ3) is 3.80. The van der Waals surface area contributed by atoms with Crippen LogP contribution < -0.4 is 4.90 Å². The van der Waals surface area contributed by atoms with Gasteiger partial charge in [-0.05, 0) is 55.4 Å². The van der Waals surface area contributed by atoms with Crippen LogP contribution in [0.4, 0.5) is 5.82 Å². The van der Waals surface area contributed by atoms with Crippen molar-refractivity contribution in [2.24, 2.45) is 0 Å². The molecule has 0 atom stereocenters. The molecule has 0 spiro atoms. The molecule has 4 nitrogen and oxygen atoms in total. The van der Waals surface area contributed by atoms with E-state index in [0.29, 0.717) is 12.1 Å². The normalized spacial score (nSPS) is 17.0. The summed E-state index contributed by atoms with van der Waals surface area (Å²) in [4.78, 5) is 18.3. The molecule has 1 aromatic rings. The summed E-state index contributed by atoms with van der Waals surface area (Å²) in [6.45, 7) is 5.60. The van der Waals surface area contributed by atoms with E-state index in [-0.39, 0.29) is 5.57 Å². The molecular formula is C23H26N2O2. The third-order valence-electron chi connectivity index (χ3n) is 5.21. The minimum Gasteiger partial charge on any atom is -0.478 e. The topological polar surface area (TPSA) is 53.4 Å². The van der Waals surface area contributed by atoms with E-state index in [9.17, 15) is 9.90 Å². The summed E-state index contributed by atoms with van der Waals surface area (Å²) in [6, 6.07) is 5.94. The summed E-state index contributed by atoms with van der Waals surface area (Å²) in [7, 11) is 1.86. The predicted octanol–water partition coefficient (Wildman–Crippen LogP) is 5.28. The molecule has 27 heavy (non-hydrogen) atoms. The molecule has 0 saturated heterocycles. The summed E-state index contributed by atoms with van der Waals surface area (Å²) in [5.41, 5.74) is 5.88. The number of nitrogens with zero attached hydrogens (tertiary/aromatic N) is 2. The van der Waals surface area contributed by atoms with Gasteiger partial charge in [0.1, 0.15) is 5.82 Å². The molecule has 0 aliphatic heterocycles. The van der Waals surface area contributed by atoms with E-state index in [0.717, 1.165) is 30.8 Å². The highest BCUT2D eigenvalue weighted by Crippen LogP contribution is 2.38. The lowest BCUT2D eigenvalue weighted by Crippen LogP contribution is -2.21. The van der Waals surface area contributed by atoms with Crippen LogP contribution in [0.1, 0.15) is 44.7 Å². The summed E-state index contributed by atoms with van der Waals surface area (Å²) in [5, 5.41) is 9.46. The molecule has 4 heteroatoms. The number of fused-ring (bicyclic) bond motifs is 1. The lowest BCUT2D eigenvalue weighted by molar-refractivity contribution is -0.132. The number of carboxylic acid groups (broad SMARTS) is 1. The Morgan fingerprint density at radius 1 is 1.37 bits per heavy atom. The highest BCUT2D eigenvalue weighted by molar-refractivity contribution is 5.91. The molecule has 140 valence electrons. The quantitative estimate of drug-likeness (QED) is 0.553. The fourth-order valence-electron chi connectivity index (χ4n) is 3.87. The van der Waals surface area contributed by atoms with Crippen LogP contribution in [0.25, 0.3) is 5.57 Å². The largest absolute Gasteiger partial charge is 0.478 e. The van der Waals surface area contributed by atoms with E-state index in [1.54, 1.807) is 0 Å². The van der Waals surface area contributed by atoms with Gasteiger partial charge in [-0.15, -0.1) is 0 Å². The zero-order valence-corrected chi connectivity index (χ0v) is 16.0. The van der Waals surface area contributed by atoms with Gasteiger partial charge in [0.05, 0.1) is 11.3 Å². The van der Waals surface area contributed by atoms with Crippen molar-refractivity contribution in [2.45, 2.75) is 39.0 Å². The summed E-state index contributed by atoms with van der Waals surface area (Å²) >= 11 is 0. The second-order valence-electron chi connectivity index (χ2n) is 6.78. The molecule has 1 heterocycles. The monoisotopic (exact) mass is 362 g/mol. The molecule has 0 aromatic carbocycles. The number of aromatic nitrogens is 1. The Bertz CT molecular complexity index is 887. The second-order valence-corrected chi connectivity index (χ2v) is 6.78. The summed E-state index contributed by atoms with van der Waals surface area (Å²) in [5.74, 6) is -0.235. The number of hydrogen-bond acceptors (Lipinski definition) is 3. The van der Waals surface area contributed by atoms with Crippen LogP contribution in [0.5, 0.6) is 0 Å². The van der Waals surface area contributed by atoms with Gasteiger partial charge in [-0.3, -0.25) is 0 Å². The Morgan fingerprint density at radius 2 is 2.19 bits per heavy atom. The maximum atomic E-state index is 11.5. The average molecular weight is 362 g/mol. The first-order valence-corrected chi connectivity index (χ1v) is 9.46. The Hall–Kier alpha value is -2.88. The van der Waals surface area contributed by atoms with E-state index >= 15 is 0 Å². The number of rotatable bonds is 6. The molecule has 1 N–H and O–H groups in total. The lowest BCUT2D eigenvalue weighted by atomic mass is 10.0. The van der Waals surface area contributed by atoms with E-state index in [1.165, 1.54) is 29.2 Å². The standard InChI is InChI=1S/C23H26N2O2/c1-4-17(23(26)27)21(5-2)25(3)22-15-9-14-20(24-22)19-12-7-6-10-16-11-8-13-18(16)19/h4,7,9-10,12,14-15H,1,5-6,8,11,13H2,2-3H3,(H,26,27)/b21-17+. The zero-order valence-electron chi connectivity index (χ0n) is 16.0. The Labute approximate surface area is 160 Å². The predicted molar refractivity (Wildman–Crippen MR) is 110 cm³/mol. The van der Waals surface area contributed by atoms with Crippen LogP contribution in [0.3, 0.4) is 0 Å². The van der Waals surface area contributed by atoms with Gasteiger partial charge >= 0.3 is 5.97 Å². The number of aliphatic carboxylic acids is 1. The molecule has 1 fully saturated rings. The van der Waals surface area contributed by atoms with Crippen LogP contribution in [-0.2, 0) is 4.79 Å². The van der Waals surface area contributed by atoms with Gasteiger partial charge in [-0.2, -0.15) is 0 Å². The maximum absolute atomic E-state index is 11.5. The summed E-state index contributed by atoms with van der Waals surface area (Å²) < 4.78 is 0. The zero-order chi connectivity index (χ0) is 19.4. The van der Waals surface area contributed by atoms with Crippen molar-refractivity contribution in [1.82, 2.24) is 4.98 Å². The molecule has 2 aliphatic rings. The van der Waals surface area contributed by atoms with Crippen LogP contribution in [0.2, 0.25) is 0 Å². The van der Waals surface area contributed by atoms with Crippen molar-refractivity contribution in [3.05, 3.63) is 77.2 Å². The first-order valence-electron chi connectivity index (χ1n) is 9.46. The van der Waals surface area contributed by atoms with E-state index in [2.05, 4.69) is 24.8 Å². The first-order chi connectivity index (χ1) is 13.1. The molecule has 0 amide bonds. The van der Waals surface area contributed by atoms with Crippen molar-refractivity contribution in [3.8, 4) is 0 Å². The third-order valence-corrected chi connectivity index (χ3v) is 5.21. The van der Waals surface area contributed by atoms with Crippen LogP contribution in [-0.4, -0.2) is 23.1 Å². The molecule has 0 radical (unpaired) electrons. The Morgan fingerprint density at radius 3 is 2.89 bits per heavy atom. The van der Waals surface area contributed by atoms with Gasteiger partial charge in [0, 0.05) is 18.3 Å². The maximum Gasteiger partial charge on any atom is 0.337 e. The van der Waals surface area contributed by atoms with Crippen LogP contribution >= 0.6 is 0 Å². The highest BCUT2D eigenvalue weighted by Gasteiger charge is 2.21. The first kappa shape index (κ1) is 18.9. The number of carbonyl (C=O) groups is 1. The van der Waals surface area contributed by atoms with E-state index in [1.807, 2.05) is 37.1 Å². The SMILES string of the molecule is C=C/C(C(=O)O)=C(/CC)N(C)c1cccc(C2=C3CCCC3=CCC=C2)n1. The molecule has 0 unspecified atom stereocenters. The number of carboxylic acids is 1. The van der Waals surface area contributed by atoms with Gasteiger partial charge < -0.3 is 10.0 Å². The molecule has 2 aliphatic carbocycles. The van der Waals surface area contributed by atoms with Gasteiger partial charge in [-0.1, -0.05) is 43.9 Å². The van der Waals surface area contributed by atoms with Crippen molar-refractivity contribution < 1.29 is 9.90 Å². The minimum atomic E-state index is -0.970. The molecule has 0 bridgehead atoms. The number of anilines is 1. The molecule has 1 aromatic heterocycles. The minimum absolute atomic E-state index is 0.213. The lowest BCUT2D eigenvalue weighted by Gasteiger charge is -2.23. The molecule has 1 saturated carbocycles. The van der Waals surface area contributed by atoms with E-state index in [4.69, 9.17) is 4.98 Å². The highest BCUT2D eigenvalue weighted by atomic mass is 16.4. The van der Waals surface area contributed by atoms with Crippen molar-refractivity contribution in [2.75, 3.05) is 11.9 Å². The van der Waals surface area contributed by atoms with Crippen molar-refractivity contribution in [1.29, 1.82) is 0 Å². The van der Waals surface area contributed by atoms with Gasteiger partial charge in [-0.25, -0.2) is 9.78 Å².